The van der Waals surface area contributed by atoms with Crippen LogP contribution in [-0.4, -0.2) is 17.6 Å². The second kappa shape index (κ2) is 7.39. The maximum atomic E-state index is 14.5. The van der Waals surface area contributed by atoms with Gasteiger partial charge in [0.05, 0.1) is 18.0 Å². The van der Waals surface area contributed by atoms with Gasteiger partial charge in [-0.05, 0) is 37.3 Å². The number of hydrogen-bond acceptors (Lipinski definition) is 3. The Morgan fingerprint density at radius 3 is 2.52 bits per heavy atom. The first-order valence-corrected chi connectivity index (χ1v) is 11.2. The van der Waals surface area contributed by atoms with Crippen LogP contribution in [0.3, 0.4) is 0 Å². The van der Waals surface area contributed by atoms with E-state index in [-0.39, 0.29) is 34.7 Å². The van der Waals surface area contributed by atoms with Gasteiger partial charge in [0.2, 0.25) is 10.8 Å². The summed E-state index contributed by atoms with van der Waals surface area (Å²) in [4.78, 5) is 28.9. The number of para-hydroxylation sites is 1. The van der Waals surface area contributed by atoms with Gasteiger partial charge in [-0.3, -0.25) is 14.5 Å². The highest BCUT2D eigenvalue weighted by atomic mass is 35.5. The van der Waals surface area contributed by atoms with Gasteiger partial charge in [-0.1, -0.05) is 53.6 Å². The van der Waals surface area contributed by atoms with Gasteiger partial charge in [-0.25, -0.2) is 4.39 Å². The quantitative estimate of drug-likeness (QED) is 0.543. The van der Waals surface area contributed by atoms with Crippen LogP contribution < -0.4 is 9.80 Å². The van der Waals surface area contributed by atoms with Gasteiger partial charge in [0.15, 0.2) is 0 Å². The molecule has 3 aromatic rings. The molecule has 5 rings (SSSR count). The highest BCUT2D eigenvalue weighted by Gasteiger charge is 2.61. The molecule has 0 saturated carbocycles. The monoisotopic (exact) mass is 452 g/mol. The maximum absolute atomic E-state index is 14.5. The minimum absolute atomic E-state index is 0.0143. The molecule has 2 aliphatic heterocycles. The summed E-state index contributed by atoms with van der Waals surface area (Å²) in [7, 11) is 0. The molecule has 1 fully saturated rings. The molecule has 0 bridgehead atoms. The van der Waals surface area contributed by atoms with Crippen LogP contribution in [0.1, 0.15) is 16.7 Å². The lowest BCUT2D eigenvalue weighted by Crippen LogP contribution is -2.49. The van der Waals surface area contributed by atoms with Gasteiger partial charge in [-0.2, -0.15) is 0 Å². The number of halogens is 2. The number of anilines is 2. The van der Waals surface area contributed by atoms with Gasteiger partial charge in [0.25, 0.3) is 5.91 Å². The fourth-order valence-electron chi connectivity index (χ4n) is 4.25. The highest BCUT2D eigenvalue weighted by Crippen LogP contribution is 2.56. The fraction of sp³-hybridized carbons (Fsp3) is 0.167. The maximum Gasteiger partial charge on any atom is 0.269 e. The normalized spacial score (nSPS) is 20.1. The molecule has 1 spiro atoms. The second-order valence-electron chi connectivity index (χ2n) is 7.61. The molecule has 2 heterocycles. The number of nitrogens with zero attached hydrogens (tertiary/aromatic N) is 2. The number of hydrogen-bond donors (Lipinski definition) is 0. The summed E-state index contributed by atoms with van der Waals surface area (Å²) in [5.74, 6) is -0.695. The summed E-state index contributed by atoms with van der Waals surface area (Å²) in [6, 6.07) is 19.4. The van der Waals surface area contributed by atoms with Gasteiger partial charge in [0, 0.05) is 21.8 Å². The largest absolute Gasteiger partial charge is 0.304 e. The number of carbonyl (C=O) groups is 2. The standard InChI is InChI=1S/C24H18ClFN2O2S/c1-15-9-11-16(12-10-15)28-22(29)14-31-24(28)18-5-2-3-8-21(18)27(23(24)30)13-17-19(25)6-4-7-20(17)26/h2-12H,13-14H2,1H3/t24-/m0/s1. The third-order valence-electron chi connectivity index (χ3n) is 5.73. The van der Waals surface area contributed by atoms with Gasteiger partial charge < -0.3 is 4.90 Å². The van der Waals surface area contributed by atoms with Crippen LogP contribution in [0.5, 0.6) is 0 Å². The molecule has 2 aliphatic rings. The molecule has 2 amide bonds. The minimum atomic E-state index is -1.22. The van der Waals surface area contributed by atoms with E-state index in [0.29, 0.717) is 11.4 Å². The molecule has 4 nitrogen and oxygen atoms in total. The van der Waals surface area contributed by atoms with Crippen LogP contribution >= 0.6 is 23.4 Å². The lowest BCUT2D eigenvalue weighted by Gasteiger charge is -2.33. The topological polar surface area (TPSA) is 40.6 Å². The molecule has 0 unspecified atom stereocenters. The molecule has 31 heavy (non-hydrogen) atoms. The van der Waals surface area contributed by atoms with E-state index in [1.807, 2.05) is 55.5 Å². The SMILES string of the molecule is Cc1ccc(N2C(=O)CS[C@@]23C(=O)N(Cc2c(F)cccc2Cl)c2ccccc23)cc1. The van der Waals surface area contributed by atoms with E-state index in [9.17, 15) is 14.0 Å². The lowest BCUT2D eigenvalue weighted by molar-refractivity contribution is -0.123. The second-order valence-corrected chi connectivity index (χ2v) is 9.18. The van der Waals surface area contributed by atoms with Crippen molar-refractivity contribution < 1.29 is 14.0 Å². The van der Waals surface area contributed by atoms with Crippen LogP contribution in [0.2, 0.25) is 5.02 Å². The van der Waals surface area contributed by atoms with Gasteiger partial charge in [0.1, 0.15) is 5.82 Å². The van der Waals surface area contributed by atoms with Gasteiger partial charge in [-0.15, -0.1) is 11.8 Å². The molecule has 1 atom stereocenters. The number of rotatable bonds is 3. The lowest BCUT2D eigenvalue weighted by atomic mass is 10.0. The zero-order valence-corrected chi connectivity index (χ0v) is 18.2. The van der Waals surface area contributed by atoms with Crippen LogP contribution in [0.25, 0.3) is 0 Å². The third-order valence-corrected chi connectivity index (χ3v) is 7.47. The van der Waals surface area contributed by atoms with E-state index >= 15 is 0 Å². The first-order chi connectivity index (χ1) is 14.9. The van der Waals surface area contributed by atoms with E-state index in [0.717, 1.165) is 11.1 Å². The van der Waals surface area contributed by atoms with Crippen molar-refractivity contribution in [2.45, 2.75) is 18.3 Å². The van der Waals surface area contributed by atoms with E-state index in [2.05, 4.69) is 0 Å². The van der Waals surface area contributed by atoms with Crippen molar-refractivity contribution >= 4 is 46.6 Å². The van der Waals surface area contributed by atoms with Crippen molar-refractivity contribution in [2.75, 3.05) is 15.6 Å². The number of amides is 2. The Kier molecular flexibility index (Phi) is 4.79. The molecule has 0 aliphatic carbocycles. The summed E-state index contributed by atoms with van der Waals surface area (Å²) in [5.41, 5.74) is 3.36. The van der Waals surface area contributed by atoms with E-state index in [1.165, 1.54) is 28.8 Å². The number of thioether (sulfide) groups is 1. The fourth-order valence-corrected chi connectivity index (χ4v) is 5.83. The minimum Gasteiger partial charge on any atom is -0.304 e. The van der Waals surface area contributed by atoms with Crippen molar-refractivity contribution in [2.24, 2.45) is 0 Å². The van der Waals surface area contributed by atoms with Crippen molar-refractivity contribution in [3.63, 3.8) is 0 Å². The summed E-state index contributed by atoms with van der Waals surface area (Å²) < 4.78 is 14.5. The number of benzene rings is 3. The summed E-state index contributed by atoms with van der Waals surface area (Å²) in [6.45, 7) is 1.95. The average molecular weight is 453 g/mol. The Morgan fingerprint density at radius 2 is 1.77 bits per heavy atom. The number of carbonyl (C=O) groups excluding carboxylic acids is 2. The van der Waals surface area contributed by atoms with Crippen LogP contribution in [-0.2, 0) is 21.0 Å². The Morgan fingerprint density at radius 1 is 1.03 bits per heavy atom. The first kappa shape index (κ1) is 20.1. The first-order valence-electron chi connectivity index (χ1n) is 9.81. The Hall–Kier alpha value is -2.83. The van der Waals surface area contributed by atoms with Crippen LogP contribution in [0.15, 0.2) is 66.7 Å². The molecule has 3 aromatic carbocycles. The summed E-state index contributed by atoms with van der Waals surface area (Å²) in [5, 5.41) is 0.261. The van der Waals surface area contributed by atoms with Crippen LogP contribution in [0, 0.1) is 12.7 Å². The third kappa shape index (κ3) is 2.97. The molecule has 0 aromatic heterocycles. The van der Waals surface area contributed by atoms with Crippen LogP contribution in [0.4, 0.5) is 15.8 Å². The smallest absolute Gasteiger partial charge is 0.269 e. The average Bonchev–Trinajstić information content (AvgIpc) is 3.22. The molecule has 0 N–H and O–H groups in total. The van der Waals surface area contributed by atoms with Crippen molar-refractivity contribution in [3.05, 3.63) is 94.3 Å². The molecule has 0 radical (unpaired) electrons. The van der Waals surface area contributed by atoms with E-state index in [4.69, 9.17) is 11.6 Å². The molecular weight excluding hydrogens is 435 g/mol. The predicted molar refractivity (Wildman–Crippen MR) is 122 cm³/mol. The van der Waals surface area contributed by atoms with Crippen molar-refractivity contribution in [3.8, 4) is 0 Å². The van der Waals surface area contributed by atoms with Gasteiger partial charge >= 0.3 is 0 Å². The number of aryl methyl sites for hydroxylation is 1. The molecular formula is C24H18ClFN2O2S. The van der Waals surface area contributed by atoms with Crippen molar-refractivity contribution in [1.29, 1.82) is 0 Å². The highest BCUT2D eigenvalue weighted by molar-refractivity contribution is 8.02. The molecule has 1 saturated heterocycles. The zero-order valence-electron chi connectivity index (χ0n) is 16.6. The molecule has 156 valence electrons. The Bertz CT molecular complexity index is 1200. The number of fused-ring (bicyclic) bond motifs is 2. The zero-order chi connectivity index (χ0) is 21.8. The molecule has 7 heteroatoms. The Labute approximate surface area is 188 Å². The summed E-state index contributed by atoms with van der Waals surface area (Å²) in [6.07, 6.45) is 0. The Balaban J connectivity index is 1.65. The summed E-state index contributed by atoms with van der Waals surface area (Å²) >= 11 is 7.55. The predicted octanol–water partition coefficient (Wildman–Crippen LogP) is 5.27. The van der Waals surface area contributed by atoms with E-state index < -0.39 is 10.7 Å². The van der Waals surface area contributed by atoms with E-state index in [1.54, 1.807) is 11.0 Å². The van der Waals surface area contributed by atoms with Crippen molar-refractivity contribution in [1.82, 2.24) is 0 Å².